The molecule has 1 heterocycles. The lowest BCUT2D eigenvalue weighted by molar-refractivity contribution is -0.126. The van der Waals surface area contributed by atoms with E-state index in [-0.39, 0.29) is 17.7 Å². The highest BCUT2D eigenvalue weighted by molar-refractivity contribution is 9.10. The number of nitrogens with one attached hydrogen (secondary N) is 1. The Balaban J connectivity index is 1.95. The smallest absolute Gasteiger partial charge is 0.253 e. The van der Waals surface area contributed by atoms with E-state index in [9.17, 15) is 9.59 Å². The zero-order chi connectivity index (χ0) is 15.9. The molecule has 4 nitrogen and oxygen atoms in total. The number of carbonyl (C=O) groups is 2. The van der Waals surface area contributed by atoms with Crippen LogP contribution in [0.1, 0.15) is 43.0 Å². The van der Waals surface area contributed by atoms with E-state index in [4.69, 9.17) is 0 Å². The molecule has 0 radical (unpaired) electrons. The minimum absolute atomic E-state index is 0.00681. The van der Waals surface area contributed by atoms with Gasteiger partial charge in [-0.05, 0) is 37.5 Å². The summed E-state index contributed by atoms with van der Waals surface area (Å²) in [6, 6.07) is 7.40. The third kappa shape index (κ3) is 4.57. The highest BCUT2D eigenvalue weighted by Gasteiger charge is 2.28. The van der Waals surface area contributed by atoms with Gasteiger partial charge in [0.25, 0.3) is 5.91 Å². The minimum Gasteiger partial charge on any atom is -0.356 e. The summed E-state index contributed by atoms with van der Waals surface area (Å²) in [4.78, 5) is 26.5. The van der Waals surface area contributed by atoms with Crippen LogP contribution in [0.5, 0.6) is 0 Å². The van der Waals surface area contributed by atoms with Crippen LogP contribution in [0.3, 0.4) is 0 Å². The average Bonchev–Trinajstić information content (AvgIpc) is 2.54. The number of likely N-dealkylation sites (tertiary alicyclic amines) is 1. The Morgan fingerprint density at radius 2 is 2.23 bits per heavy atom. The van der Waals surface area contributed by atoms with Crippen molar-refractivity contribution in [1.29, 1.82) is 0 Å². The normalized spacial score (nSPS) is 18.1. The van der Waals surface area contributed by atoms with Gasteiger partial charge in [-0.3, -0.25) is 9.59 Å². The van der Waals surface area contributed by atoms with Crippen LogP contribution in [-0.4, -0.2) is 36.3 Å². The maximum Gasteiger partial charge on any atom is 0.253 e. The Hall–Kier alpha value is -1.36. The lowest BCUT2D eigenvalue weighted by Crippen LogP contribution is -2.45. The minimum atomic E-state index is -0.0818. The molecular weight excluding hydrogens is 344 g/mol. The van der Waals surface area contributed by atoms with Crippen molar-refractivity contribution in [2.24, 2.45) is 5.92 Å². The summed E-state index contributed by atoms with van der Waals surface area (Å²) >= 11 is 3.39. The molecule has 1 aromatic rings. The maximum absolute atomic E-state index is 12.6. The summed E-state index contributed by atoms with van der Waals surface area (Å²) in [6.07, 6.45) is 3.81. The number of carbonyl (C=O) groups excluding carboxylic acids is 2. The molecule has 0 aliphatic carbocycles. The zero-order valence-electron chi connectivity index (χ0n) is 13.0. The summed E-state index contributed by atoms with van der Waals surface area (Å²) in [6.45, 7) is 4.07. The number of hydrogen-bond acceptors (Lipinski definition) is 2. The van der Waals surface area contributed by atoms with Crippen molar-refractivity contribution in [3.63, 3.8) is 0 Å². The summed E-state index contributed by atoms with van der Waals surface area (Å²) in [7, 11) is 0. The third-order valence-electron chi connectivity index (χ3n) is 3.98. The molecule has 22 heavy (non-hydrogen) atoms. The topological polar surface area (TPSA) is 49.4 Å². The second kappa shape index (κ2) is 8.32. The molecule has 1 unspecified atom stereocenters. The van der Waals surface area contributed by atoms with Crippen LogP contribution in [0.4, 0.5) is 0 Å². The standard InChI is InChI=1S/C17H23BrN2O2/c1-2-3-9-19-16(21)14-7-5-10-20(12-14)17(22)13-6-4-8-15(18)11-13/h4,6,8,11,14H,2-3,5,7,9-10,12H2,1H3,(H,19,21). The van der Waals surface area contributed by atoms with Crippen LogP contribution < -0.4 is 5.32 Å². The van der Waals surface area contributed by atoms with E-state index in [1.54, 1.807) is 4.90 Å². The molecule has 0 saturated carbocycles. The number of rotatable bonds is 5. The SMILES string of the molecule is CCCCNC(=O)C1CCCN(C(=O)c2cccc(Br)c2)C1. The maximum atomic E-state index is 12.6. The van der Waals surface area contributed by atoms with Crippen molar-refractivity contribution in [1.82, 2.24) is 10.2 Å². The number of benzene rings is 1. The Bertz CT molecular complexity index is 533. The van der Waals surface area contributed by atoms with E-state index in [2.05, 4.69) is 28.2 Å². The van der Waals surface area contributed by atoms with Gasteiger partial charge in [0.2, 0.25) is 5.91 Å². The van der Waals surface area contributed by atoms with Crippen LogP contribution in [0.2, 0.25) is 0 Å². The molecule has 2 amide bonds. The molecule has 5 heteroatoms. The van der Waals surface area contributed by atoms with Crippen molar-refractivity contribution in [3.05, 3.63) is 34.3 Å². The average molecular weight is 367 g/mol. The molecule has 120 valence electrons. The molecule has 0 spiro atoms. The van der Waals surface area contributed by atoms with Gasteiger partial charge in [0.1, 0.15) is 0 Å². The summed E-state index contributed by atoms with van der Waals surface area (Å²) in [5, 5.41) is 2.98. The molecule has 1 aromatic carbocycles. The highest BCUT2D eigenvalue weighted by Crippen LogP contribution is 2.20. The molecule has 1 N–H and O–H groups in total. The third-order valence-corrected chi connectivity index (χ3v) is 4.47. The van der Waals surface area contributed by atoms with Crippen molar-refractivity contribution >= 4 is 27.7 Å². The van der Waals surface area contributed by atoms with Gasteiger partial charge in [0, 0.05) is 29.7 Å². The number of halogens is 1. The summed E-state index contributed by atoms with van der Waals surface area (Å²) < 4.78 is 0.893. The largest absolute Gasteiger partial charge is 0.356 e. The fraction of sp³-hybridized carbons (Fsp3) is 0.529. The first kappa shape index (κ1) is 17.0. The van der Waals surface area contributed by atoms with Crippen molar-refractivity contribution < 1.29 is 9.59 Å². The molecule has 0 bridgehead atoms. The van der Waals surface area contributed by atoms with Gasteiger partial charge >= 0.3 is 0 Å². The number of unbranched alkanes of at least 4 members (excludes halogenated alkanes) is 1. The first-order chi connectivity index (χ1) is 10.6. The Kier molecular flexibility index (Phi) is 6.43. The fourth-order valence-electron chi connectivity index (χ4n) is 2.71. The Morgan fingerprint density at radius 1 is 1.41 bits per heavy atom. The van der Waals surface area contributed by atoms with E-state index < -0.39 is 0 Å². The molecule has 1 fully saturated rings. The first-order valence-electron chi connectivity index (χ1n) is 7.94. The lowest BCUT2D eigenvalue weighted by Gasteiger charge is -2.32. The Labute approximate surface area is 140 Å². The van der Waals surface area contributed by atoms with Crippen molar-refractivity contribution in [2.75, 3.05) is 19.6 Å². The van der Waals surface area contributed by atoms with Crippen molar-refractivity contribution in [3.8, 4) is 0 Å². The number of nitrogens with zero attached hydrogens (tertiary/aromatic N) is 1. The van der Waals surface area contributed by atoms with Gasteiger partial charge in [0.15, 0.2) is 0 Å². The molecule has 0 aromatic heterocycles. The second-order valence-corrected chi connectivity index (χ2v) is 6.66. The van der Waals surface area contributed by atoms with E-state index in [1.807, 2.05) is 24.3 Å². The summed E-state index contributed by atoms with van der Waals surface area (Å²) in [5.74, 6) is 0.00857. The van der Waals surface area contributed by atoms with E-state index in [0.717, 1.165) is 43.2 Å². The zero-order valence-corrected chi connectivity index (χ0v) is 14.6. The van der Waals surface area contributed by atoms with E-state index in [0.29, 0.717) is 12.1 Å². The van der Waals surface area contributed by atoms with Crippen LogP contribution in [0.25, 0.3) is 0 Å². The number of amides is 2. The van der Waals surface area contributed by atoms with Gasteiger partial charge in [-0.2, -0.15) is 0 Å². The number of hydrogen-bond donors (Lipinski definition) is 1. The van der Waals surface area contributed by atoms with Crippen LogP contribution in [0, 0.1) is 5.92 Å². The molecule has 1 aliphatic heterocycles. The molecule has 2 rings (SSSR count). The van der Waals surface area contributed by atoms with Gasteiger partial charge < -0.3 is 10.2 Å². The molecule has 1 atom stereocenters. The quantitative estimate of drug-likeness (QED) is 0.813. The lowest BCUT2D eigenvalue weighted by atomic mass is 9.96. The van der Waals surface area contributed by atoms with Gasteiger partial charge in [-0.15, -0.1) is 0 Å². The molecular formula is C17H23BrN2O2. The highest BCUT2D eigenvalue weighted by atomic mass is 79.9. The van der Waals surface area contributed by atoms with E-state index >= 15 is 0 Å². The summed E-state index contributed by atoms with van der Waals surface area (Å²) in [5.41, 5.74) is 0.668. The predicted molar refractivity (Wildman–Crippen MR) is 90.7 cm³/mol. The van der Waals surface area contributed by atoms with Gasteiger partial charge in [-0.1, -0.05) is 35.3 Å². The van der Waals surface area contributed by atoms with Crippen LogP contribution >= 0.6 is 15.9 Å². The van der Waals surface area contributed by atoms with Gasteiger partial charge in [-0.25, -0.2) is 0 Å². The van der Waals surface area contributed by atoms with Crippen molar-refractivity contribution in [2.45, 2.75) is 32.6 Å². The van der Waals surface area contributed by atoms with Crippen LogP contribution in [0.15, 0.2) is 28.7 Å². The molecule has 1 saturated heterocycles. The second-order valence-electron chi connectivity index (χ2n) is 5.75. The first-order valence-corrected chi connectivity index (χ1v) is 8.73. The molecule has 1 aliphatic rings. The fourth-order valence-corrected chi connectivity index (χ4v) is 3.11. The van der Waals surface area contributed by atoms with Crippen LogP contribution in [-0.2, 0) is 4.79 Å². The van der Waals surface area contributed by atoms with Gasteiger partial charge in [0.05, 0.1) is 5.92 Å². The monoisotopic (exact) mass is 366 g/mol. The van der Waals surface area contributed by atoms with E-state index in [1.165, 1.54) is 0 Å². The predicted octanol–water partition coefficient (Wildman–Crippen LogP) is 3.22. The Morgan fingerprint density at radius 3 is 2.95 bits per heavy atom. The number of piperidine rings is 1.